The first-order valence-electron chi connectivity index (χ1n) is 6.05. The molecule has 1 aromatic rings. The predicted molar refractivity (Wildman–Crippen MR) is 83.6 cm³/mol. The molecular formula is C12H19IN4O2. The maximum atomic E-state index is 10.9. The molecule has 1 aliphatic heterocycles. The van der Waals surface area contributed by atoms with Crippen LogP contribution < -0.4 is 11.1 Å². The van der Waals surface area contributed by atoms with Crippen molar-refractivity contribution < 1.29 is 9.21 Å². The molecule has 2 rings (SSSR count). The molecule has 1 saturated heterocycles. The molecule has 2 heterocycles. The van der Waals surface area contributed by atoms with E-state index in [4.69, 9.17) is 10.2 Å². The van der Waals surface area contributed by atoms with E-state index in [0.717, 1.165) is 19.0 Å². The van der Waals surface area contributed by atoms with Crippen LogP contribution in [-0.4, -0.2) is 36.9 Å². The fraction of sp³-hybridized carbons (Fsp3) is 0.500. The standard InChI is InChI=1S/C12H18N4O2.HI/c1-14-12(16-6-2-3-7-16)15-8-9-4-5-10(18-9)11(13)17;/h4-5H,2-3,6-8H2,1H3,(H2,13,17)(H,14,15);1H. The molecule has 1 aliphatic rings. The Labute approximate surface area is 129 Å². The molecule has 0 atom stereocenters. The van der Waals surface area contributed by atoms with Gasteiger partial charge < -0.3 is 20.4 Å². The summed E-state index contributed by atoms with van der Waals surface area (Å²) in [6, 6.07) is 3.32. The van der Waals surface area contributed by atoms with Crippen molar-refractivity contribution in [3.8, 4) is 0 Å². The molecule has 0 aliphatic carbocycles. The van der Waals surface area contributed by atoms with Gasteiger partial charge in [-0.25, -0.2) is 0 Å². The lowest BCUT2D eigenvalue weighted by molar-refractivity contribution is 0.0972. The number of nitrogens with two attached hydrogens (primary N) is 1. The molecule has 7 heteroatoms. The minimum atomic E-state index is -0.551. The molecule has 0 radical (unpaired) electrons. The van der Waals surface area contributed by atoms with Gasteiger partial charge in [-0.05, 0) is 25.0 Å². The van der Waals surface area contributed by atoms with Crippen molar-refractivity contribution in [1.82, 2.24) is 10.2 Å². The van der Waals surface area contributed by atoms with Crippen LogP contribution in [0.15, 0.2) is 21.5 Å². The summed E-state index contributed by atoms with van der Waals surface area (Å²) in [7, 11) is 1.76. The lowest BCUT2D eigenvalue weighted by atomic mass is 10.4. The highest BCUT2D eigenvalue weighted by Gasteiger charge is 2.16. The van der Waals surface area contributed by atoms with Gasteiger partial charge in [-0.3, -0.25) is 9.79 Å². The minimum absolute atomic E-state index is 0. The highest BCUT2D eigenvalue weighted by molar-refractivity contribution is 14.0. The van der Waals surface area contributed by atoms with Crippen molar-refractivity contribution in [3.05, 3.63) is 23.7 Å². The van der Waals surface area contributed by atoms with Crippen LogP contribution >= 0.6 is 24.0 Å². The zero-order valence-electron chi connectivity index (χ0n) is 10.9. The number of hydrogen-bond acceptors (Lipinski definition) is 3. The Morgan fingerprint density at radius 3 is 2.68 bits per heavy atom. The van der Waals surface area contributed by atoms with Crippen molar-refractivity contribution in [2.45, 2.75) is 19.4 Å². The van der Waals surface area contributed by atoms with E-state index in [0.29, 0.717) is 12.3 Å². The molecule has 0 bridgehead atoms. The molecule has 0 saturated carbocycles. The van der Waals surface area contributed by atoms with Crippen molar-refractivity contribution >= 4 is 35.8 Å². The van der Waals surface area contributed by atoms with Gasteiger partial charge >= 0.3 is 0 Å². The number of guanidine groups is 1. The second kappa shape index (κ2) is 7.37. The summed E-state index contributed by atoms with van der Waals surface area (Å²) in [6.45, 7) is 2.56. The zero-order chi connectivity index (χ0) is 13.0. The maximum Gasteiger partial charge on any atom is 0.284 e. The lowest BCUT2D eigenvalue weighted by Gasteiger charge is -2.20. The second-order valence-corrected chi connectivity index (χ2v) is 4.23. The first-order valence-corrected chi connectivity index (χ1v) is 6.05. The van der Waals surface area contributed by atoms with E-state index in [1.165, 1.54) is 12.8 Å². The maximum absolute atomic E-state index is 10.9. The molecule has 1 fully saturated rings. The molecule has 1 amide bonds. The van der Waals surface area contributed by atoms with Crippen LogP contribution in [0.3, 0.4) is 0 Å². The number of nitrogens with one attached hydrogen (secondary N) is 1. The first-order chi connectivity index (χ1) is 8.70. The topological polar surface area (TPSA) is 83.9 Å². The summed E-state index contributed by atoms with van der Waals surface area (Å²) in [5, 5.41) is 3.21. The fourth-order valence-corrected chi connectivity index (χ4v) is 2.03. The Bertz CT molecular complexity index is 452. The third-order valence-corrected chi connectivity index (χ3v) is 2.94. The van der Waals surface area contributed by atoms with E-state index >= 15 is 0 Å². The number of likely N-dealkylation sites (tertiary alicyclic amines) is 1. The molecule has 1 aromatic heterocycles. The van der Waals surface area contributed by atoms with Gasteiger partial charge in [-0.1, -0.05) is 0 Å². The van der Waals surface area contributed by atoms with Crippen LogP contribution in [0.5, 0.6) is 0 Å². The number of carbonyl (C=O) groups is 1. The highest BCUT2D eigenvalue weighted by Crippen LogP contribution is 2.09. The van der Waals surface area contributed by atoms with E-state index in [1.54, 1.807) is 19.2 Å². The van der Waals surface area contributed by atoms with E-state index in [9.17, 15) is 4.79 Å². The van der Waals surface area contributed by atoms with Crippen molar-refractivity contribution in [2.75, 3.05) is 20.1 Å². The summed E-state index contributed by atoms with van der Waals surface area (Å²) in [6.07, 6.45) is 2.40. The van der Waals surface area contributed by atoms with Gasteiger partial charge in [0.2, 0.25) is 0 Å². The normalized spacial score (nSPS) is 15.2. The Hall–Kier alpha value is -1.25. The molecule has 0 spiro atoms. The van der Waals surface area contributed by atoms with Crippen LogP contribution in [0.1, 0.15) is 29.2 Å². The average molecular weight is 378 g/mol. The van der Waals surface area contributed by atoms with Crippen molar-refractivity contribution in [2.24, 2.45) is 10.7 Å². The molecular weight excluding hydrogens is 359 g/mol. The number of furan rings is 1. The van der Waals surface area contributed by atoms with Crippen LogP contribution in [0, 0.1) is 0 Å². The number of aliphatic imine (C=N–C) groups is 1. The van der Waals surface area contributed by atoms with Crippen LogP contribution in [-0.2, 0) is 6.54 Å². The Morgan fingerprint density at radius 1 is 1.47 bits per heavy atom. The monoisotopic (exact) mass is 378 g/mol. The Kier molecular flexibility index (Phi) is 6.13. The summed E-state index contributed by atoms with van der Waals surface area (Å²) < 4.78 is 5.29. The van der Waals surface area contributed by atoms with Gasteiger partial charge in [0.1, 0.15) is 5.76 Å². The number of rotatable bonds is 3. The lowest BCUT2D eigenvalue weighted by Crippen LogP contribution is -2.39. The summed E-state index contributed by atoms with van der Waals surface area (Å²) >= 11 is 0. The first kappa shape index (κ1) is 15.8. The SMILES string of the molecule is CN=C(NCc1ccc(C(N)=O)o1)N1CCCC1.I. The quantitative estimate of drug-likeness (QED) is 0.470. The van der Waals surface area contributed by atoms with E-state index in [2.05, 4.69) is 15.2 Å². The van der Waals surface area contributed by atoms with Gasteiger partial charge in [0.05, 0.1) is 6.54 Å². The molecule has 19 heavy (non-hydrogen) atoms. The summed E-state index contributed by atoms with van der Waals surface area (Å²) in [5.74, 6) is 1.17. The summed E-state index contributed by atoms with van der Waals surface area (Å²) in [5.41, 5.74) is 5.12. The zero-order valence-corrected chi connectivity index (χ0v) is 13.2. The van der Waals surface area contributed by atoms with Gasteiger partial charge in [-0.2, -0.15) is 0 Å². The van der Waals surface area contributed by atoms with Gasteiger partial charge in [0, 0.05) is 20.1 Å². The predicted octanol–water partition coefficient (Wildman–Crippen LogP) is 1.17. The van der Waals surface area contributed by atoms with Crippen LogP contribution in [0.25, 0.3) is 0 Å². The van der Waals surface area contributed by atoms with Gasteiger partial charge in [-0.15, -0.1) is 24.0 Å². The van der Waals surface area contributed by atoms with Crippen LogP contribution in [0.4, 0.5) is 0 Å². The largest absolute Gasteiger partial charge is 0.454 e. The fourth-order valence-electron chi connectivity index (χ4n) is 2.03. The number of primary amides is 1. The third kappa shape index (κ3) is 4.12. The second-order valence-electron chi connectivity index (χ2n) is 4.23. The molecule has 0 aromatic carbocycles. The number of carbonyl (C=O) groups excluding carboxylic acids is 1. The Balaban J connectivity index is 0.00000180. The number of halogens is 1. The molecule has 6 nitrogen and oxygen atoms in total. The number of nitrogens with zero attached hydrogens (tertiary/aromatic N) is 2. The minimum Gasteiger partial charge on any atom is -0.454 e. The highest BCUT2D eigenvalue weighted by atomic mass is 127. The molecule has 3 N–H and O–H groups in total. The molecule has 106 valence electrons. The van der Waals surface area contributed by atoms with Gasteiger partial charge in [0.25, 0.3) is 5.91 Å². The van der Waals surface area contributed by atoms with Crippen LogP contribution in [0.2, 0.25) is 0 Å². The average Bonchev–Trinajstić information content (AvgIpc) is 3.00. The van der Waals surface area contributed by atoms with Gasteiger partial charge in [0.15, 0.2) is 11.7 Å². The van der Waals surface area contributed by atoms with E-state index < -0.39 is 5.91 Å². The van der Waals surface area contributed by atoms with E-state index in [-0.39, 0.29) is 29.7 Å². The Morgan fingerprint density at radius 2 is 2.16 bits per heavy atom. The third-order valence-electron chi connectivity index (χ3n) is 2.94. The van der Waals surface area contributed by atoms with E-state index in [1.807, 2.05) is 0 Å². The summed E-state index contributed by atoms with van der Waals surface area (Å²) in [4.78, 5) is 17.3. The van der Waals surface area contributed by atoms with Crippen molar-refractivity contribution in [1.29, 1.82) is 0 Å². The van der Waals surface area contributed by atoms with Crippen molar-refractivity contribution in [3.63, 3.8) is 0 Å². The number of hydrogen-bond donors (Lipinski definition) is 2. The molecule has 0 unspecified atom stereocenters. The smallest absolute Gasteiger partial charge is 0.284 e. The number of amides is 1.